The van der Waals surface area contributed by atoms with E-state index in [1.807, 2.05) is 0 Å². The lowest BCUT2D eigenvalue weighted by molar-refractivity contribution is 0.198. The van der Waals surface area contributed by atoms with E-state index in [0.29, 0.717) is 19.6 Å². The molecule has 2 aliphatic heterocycles. The number of anilines is 1. The van der Waals surface area contributed by atoms with Crippen LogP contribution < -0.4 is 4.90 Å². The molecular weight excluding hydrogens is 304 g/mol. The van der Waals surface area contributed by atoms with Crippen LogP contribution in [0.1, 0.15) is 30.9 Å². The van der Waals surface area contributed by atoms with Crippen LogP contribution in [0.2, 0.25) is 0 Å². The number of aliphatic hydroxyl groups is 1. The van der Waals surface area contributed by atoms with Crippen molar-refractivity contribution in [3.63, 3.8) is 0 Å². The lowest BCUT2D eigenvalue weighted by Gasteiger charge is -2.31. The molecule has 122 valence electrons. The monoisotopic (exact) mass is 326 g/mol. The number of nitrogens with zero attached hydrogens (tertiary/aromatic N) is 4. The molecule has 22 heavy (non-hydrogen) atoms. The summed E-state index contributed by atoms with van der Waals surface area (Å²) in [4.78, 5) is 11.0. The minimum Gasteiger partial charge on any atom is -0.391 e. The van der Waals surface area contributed by atoms with Gasteiger partial charge in [0.05, 0.1) is 18.1 Å². The fraction of sp³-hybridized carbons (Fsp3) is 0.714. The van der Waals surface area contributed by atoms with Crippen LogP contribution >= 0.6 is 0 Å². The Bertz CT molecular complexity index is 629. The molecule has 2 aliphatic rings. The summed E-state index contributed by atoms with van der Waals surface area (Å²) in [6.45, 7) is 2.44. The first-order chi connectivity index (χ1) is 10.4. The molecule has 8 heteroatoms. The molecule has 1 N–H and O–H groups in total. The highest BCUT2D eigenvalue weighted by molar-refractivity contribution is 7.88. The number of hydrogen-bond acceptors (Lipinski definition) is 6. The molecule has 1 atom stereocenters. The highest BCUT2D eigenvalue weighted by Gasteiger charge is 2.31. The number of piperidine rings is 1. The highest BCUT2D eigenvalue weighted by atomic mass is 32.2. The molecule has 1 aromatic heterocycles. The van der Waals surface area contributed by atoms with Crippen LogP contribution in [0.4, 0.5) is 5.82 Å². The van der Waals surface area contributed by atoms with Crippen molar-refractivity contribution in [2.45, 2.75) is 31.3 Å². The van der Waals surface area contributed by atoms with Gasteiger partial charge in [0.1, 0.15) is 0 Å². The number of sulfonamides is 1. The van der Waals surface area contributed by atoms with E-state index in [0.717, 1.165) is 37.3 Å². The second-order valence-electron chi connectivity index (χ2n) is 6.09. The summed E-state index contributed by atoms with van der Waals surface area (Å²) < 4.78 is 24.7. The number of hydrogen-bond donors (Lipinski definition) is 1. The van der Waals surface area contributed by atoms with Crippen molar-refractivity contribution in [1.82, 2.24) is 14.3 Å². The Hall–Kier alpha value is -1.25. The Morgan fingerprint density at radius 1 is 1.14 bits per heavy atom. The van der Waals surface area contributed by atoms with Gasteiger partial charge in [-0.3, -0.25) is 4.98 Å². The summed E-state index contributed by atoms with van der Waals surface area (Å²) in [7, 11) is -3.11. The van der Waals surface area contributed by atoms with E-state index < -0.39 is 10.0 Å². The molecule has 7 nitrogen and oxygen atoms in total. The third kappa shape index (κ3) is 3.23. The van der Waals surface area contributed by atoms with E-state index in [1.165, 1.54) is 10.6 Å². The SMILES string of the molecule is CS(=O)(=O)N1CCC(c2nccnc2N2CC[C@@H](O)C2)CC1. The van der Waals surface area contributed by atoms with Gasteiger partial charge in [0.2, 0.25) is 10.0 Å². The van der Waals surface area contributed by atoms with Gasteiger partial charge < -0.3 is 10.0 Å². The van der Waals surface area contributed by atoms with Gasteiger partial charge in [0.15, 0.2) is 5.82 Å². The average Bonchev–Trinajstić information content (AvgIpc) is 2.93. The molecule has 2 saturated heterocycles. The number of aliphatic hydroxyl groups excluding tert-OH is 1. The maximum absolute atomic E-state index is 11.6. The second kappa shape index (κ2) is 6.10. The third-order valence-electron chi connectivity index (χ3n) is 4.48. The van der Waals surface area contributed by atoms with Crippen molar-refractivity contribution in [3.05, 3.63) is 18.1 Å². The summed E-state index contributed by atoms with van der Waals surface area (Å²) in [5.74, 6) is 1.07. The van der Waals surface area contributed by atoms with Crippen molar-refractivity contribution in [2.24, 2.45) is 0 Å². The van der Waals surface area contributed by atoms with Gasteiger partial charge in [-0.2, -0.15) is 0 Å². The summed E-state index contributed by atoms with van der Waals surface area (Å²) in [5.41, 5.74) is 0.935. The van der Waals surface area contributed by atoms with E-state index in [2.05, 4.69) is 14.9 Å². The van der Waals surface area contributed by atoms with Crippen LogP contribution in [0.5, 0.6) is 0 Å². The lowest BCUT2D eigenvalue weighted by atomic mass is 9.94. The van der Waals surface area contributed by atoms with E-state index in [1.54, 1.807) is 12.4 Å². The molecule has 3 heterocycles. The van der Waals surface area contributed by atoms with Gasteiger partial charge in [-0.15, -0.1) is 0 Å². The van der Waals surface area contributed by atoms with Gasteiger partial charge in [-0.25, -0.2) is 17.7 Å². The Morgan fingerprint density at radius 2 is 1.82 bits per heavy atom. The van der Waals surface area contributed by atoms with Crippen molar-refractivity contribution in [3.8, 4) is 0 Å². The van der Waals surface area contributed by atoms with Crippen molar-refractivity contribution in [1.29, 1.82) is 0 Å². The van der Waals surface area contributed by atoms with Crippen LogP contribution in [-0.4, -0.2) is 66.3 Å². The molecule has 2 fully saturated rings. The fourth-order valence-electron chi connectivity index (χ4n) is 3.27. The molecule has 1 aromatic rings. The second-order valence-corrected chi connectivity index (χ2v) is 8.07. The molecule has 3 rings (SSSR count). The standard InChI is InChI=1S/C14H22N4O3S/c1-22(20,21)18-8-2-11(3-9-18)13-14(16-6-5-15-13)17-7-4-12(19)10-17/h5-6,11-12,19H,2-4,7-10H2,1H3/t12-/m1/s1. The van der Waals surface area contributed by atoms with Crippen LogP contribution in [0.25, 0.3) is 0 Å². The Labute approximate surface area is 131 Å². The summed E-state index contributed by atoms with van der Waals surface area (Å²) >= 11 is 0. The van der Waals surface area contributed by atoms with Gasteiger partial charge in [-0.05, 0) is 19.3 Å². The van der Waals surface area contributed by atoms with E-state index >= 15 is 0 Å². The average molecular weight is 326 g/mol. The molecule has 0 spiro atoms. The first-order valence-corrected chi connectivity index (χ1v) is 9.49. The molecule has 0 aromatic carbocycles. The molecule has 0 saturated carbocycles. The van der Waals surface area contributed by atoms with E-state index in [4.69, 9.17) is 0 Å². The topological polar surface area (TPSA) is 86.6 Å². The zero-order valence-electron chi connectivity index (χ0n) is 12.7. The van der Waals surface area contributed by atoms with Gasteiger partial charge in [0.25, 0.3) is 0 Å². The minimum atomic E-state index is -3.11. The Morgan fingerprint density at radius 3 is 2.41 bits per heavy atom. The molecule has 0 amide bonds. The first kappa shape index (κ1) is 15.6. The van der Waals surface area contributed by atoms with Gasteiger partial charge in [-0.1, -0.05) is 0 Å². The van der Waals surface area contributed by atoms with Crippen LogP contribution in [0, 0.1) is 0 Å². The maximum Gasteiger partial charge on any atom is 0.211 e. The Balaban J connectivity index is 1.76. The van der Waals surface area contributed by atoms with Gasteiger partial charge in [0, 0.05) is 44.5 Å². The highest BCUT2D eigenvalue weighted by Crippen LogP contribution is 2.33. The number of β-amino-alcohol motifs (C(OH)–C–C–N with tert-alkyl or cyclic N) is 1. The van der Waals surface area contributed by atoms with Crippen molar-refractivity contribution in [2.75, 3.05) is 37.3 Å². The molecular formula is C14H22N4O3S. The predicted octanol–water partition coefficient (Wildman–Crippen LogP) is 0.187. The quantitative estimate of drug-likeness (QED) is 0.853. The summed E-state index contributed by atoms with van der Waals surface area (Å²) in [6.07, 6.45) is 6.59. The predicted molar refractivity (Wildman–Crippen MR) is 83.3 cm³/mol. The van der Waals surface area contributed by atoms with E-state index in [-0.39, 0.29) is 12.0 Å². The maximum atomic E-state index is 11.6. The summed E-state index contributed by atoms with van der Waals surface area (Å²) in [5, 5.41) is 9.72. The van der Waals surface area contributed by atoms with Crippen molar-refractivity contribution < 1.29 is 13.5 Å². The number of rotatable bonds is 3. The zero-order chi connectivity index (χ0) is 15.7. The van der Waals surface area contributed by atoms with Gasteiger partial charge >= 0.3 is 0 Å². The number of aromatic nitrogens is 2. The smallest absolute Gasteiger partial charge is 0.211 e. The van der Waals surface area contributed by atoms with Crippen molar-refractivity contribution >= 4 is 15.8 Å². The molecule has 0 unspecified atom stereocenters. The summed E-state index contributed by atoms with van der Waals surface area (Å²) in [6, 6.07) is 0. The minimum absolute atomic E-state index is 0.222. The largest absolute Gasteiger partial charge is 0.391 e. The first-order valence-electron chi connectivity index (χ1n) is 7.64. The molecule has 0 aliphatic carbocycles. The van der Waals surface area contributed by atoms with Crippen LogP contribution in [0.3, 0.4) is 0 Å². The Kier molecular flexibility index (Phi) is 4.33. The lowest BCUT2D eigenvalue weighted by Crippen LogP contribution is -2.37. The molecule has 0 radical (unpaired) electrons. The molecule has 0 bridgehead atoms. The normalized spacial score (nSPS) is 24.8. The van der Waals surface area contributed by atoms with Crippen LogP contribution in [0.15, 0.2) is 12.4 Å². The zero-order valence-corrected chi connectivity index (χ0v) is 13.5. The van der Waals surface area contributed by atoms with E-state index in [9.17, 15) is 13.5 Å². The van der Waals surface area contributed by atoms with Crippen LogP contribution in [-0.2, 0) is 10.0 Å². The fourth-order valence-corrected chi connectivity index (χ4v) is 4.14. The third-order valence-corrected chi connectivity index (χ3v) is 5.78.